The maximum Gasteiger partial charge on any atom is 0.169 e. The molecule has 0 N–H and O–H groups in total. The van der Waals surface area contributed by atoms with Crippen molar-refractivity contribution in [2.45, 2.75) is 6.42 Å². The number of benzene rings is 2. The highest BCUT2D eigenvalue weighted by molar-refractivity contribution is 5.90. The first-order valence-corrected chi connectivity index (χ1v) is 10.1. The van der Waals surface area contributed by atoms with Gasteiger partial charge in [-0.05, 0) is 42.5 Å². The van der Waals surface area contributed by atoms with Gasteiger partial charge in [0, 0.05) is 54.8 Å². The van der Waals surface area contributed by atoms with Crippen LogP contribution in [-0.2, 0) is 9.53 Å². The fraction of sp³-hybridized carbons (Fsp3) is 0.200. The molecule has 32 heavy (non-hydrogen) atoms. The van der Waals surface area contributed by atoms with Gasteiger partial charge in [0.15, 0.2) is 17.3 Å². The van der Waals surface area contributed by atoms with E-state index >= 15 is 4.39 Å². The van der Waals surface area contributed by atoms with Crippen LogP contribution in [-0.4, -0.2) is 38.1 Å². The molecule has 0 saturated heterocycles. The van der Waals surface area contributed by atoms with Gasteiger partial charge >= 0.3 is 0 Å². The summed E-state index contributed by atoms with van der Waals surface area (Å²) in [7, 11) is 3.18. The molecule has 0 bridgehead atoms. The number of anilines is 1. The van der Waals surface area contributed by atoms with Crippen LogP contribution in [0.1, 0.15) is 6.42 Å². The Morgan fingerprint density at radius 1 is 1.12 bits per heavy atom. The first kappa shape index (κ1) is 21.5. The van der Waals surface area contributed by atoms with Gasteiger partial charge in [0.25, 0.3) is 0 Å². The molecule has 0 fully saturated rings. The van der Waals surface area contributed by atoms with Crippen LogP contribution in [0.5, 0.6) is 17.2 Å². The van der Waals surface area contributed by atoms with Gasteiger partial charge in [-0.1, -0.05) is 0 Å². The number of ketones is 1. The average molecular weight is 433 g/mol. The molecule has 1 radical (unpaired) electrons. The molecule has 1 aromatic heterocycles. The summed E-state index contributed by atoms with van der Waals surface area (Å²) in [6.45, 7) is 0.894. The summed E-state index contributed by atoms with van der Waals surface area (Å²) in [5.74, 6) is 0.615. The number of pyridine rings is 1. The van der Waals surface area contributed by atoms with Crippen molar-refractivity contribution >= 4 is 22.4 Å². The number of carbonyl (C=O) groups is 1. The van der Waals surface area contributed by atoms with E-state index in [0.29, 0.717) is 35.9 Å². The smallest absolute Gasteiger partial charge is 0.169 e. The Labute approximate surface area is 185 Å². The zero-order valence-corrected chi connectivity index (χ0v) is 17.8. The molecular weight excluding hydrogens is 411 g/mol. The second-order valence-electron chi connectivity index (χ2n) is 7.12. The van der Waals surface area contributed by atoms with Crippen molar-refractivity contribution < 1.29 is 23.4 Å². The van der Waals surface area contributed by atoms with Gasteiger partial charge in [0.1, 0.15) is 11.5 Å². The summed E-state index contributed by atoms with van der Waals surface area (Å²) in [6.07, 6.45) is 7.83. The third-order valence-corrected chi connectivity index (χ3v) is 5.08. The van der Waals surface area contributed by atoms with Crippen LogP contribution in [0.4, 0.5) is 10.1 Å². The van der Waals surface area contributed by atoms with E-state index in [9.17, 15) is 4.79 Å². The Hall–Kier alpha value is -3.71. The molecule has 0 amide bonds. The standard InChI is InChI=1S/C25H22FN2O4/c1-30-13-12-28(17-4-3-5-19(29)14-17)18-6-9-25(22(26)15-18)32-24-10-11-27-23-16-20(31-2)7-8-21(23)24/h3-4,6-11,15-16H,12-14H2,1-2H3. The van der Waals surface area contributed by atoms with Crippen LogP contribution in [0.15, 0.2) is 66.5 Å². The Bertz CT molecular complexity index is 1210. The van der Waals surface area contributed by atoms with E-state index < -0.39 is 5.82 Å². The fourth-order valence-corrected chi connectivity index (χ4v) is 3.49. The minimum absolute atomic E-state index is 0.0886. The number of hydrogen-bond donors (Lipinski definition) is 0. The van der Waals surface area contributed by atoms with Crippen molar-refractivity contribution in [3.8, 4) is 17.2 Å². The predicted octanol–water partition coefficient (Wildman–Crippen LogP) is 4.84. The molecule has 4 rings (SSSR count). The van der Waals surface area contributed by atoms with Crippen molar-refractivity contribution in [2.24, 2.45) is 0 Å². The zero-order chi connectivity index (χ0) is 22.5. The summed E-state index contributed by atoms with van der Waals surface area (Å²) < 4.78 is 31.4. The largest absolute Gasteiger partial charge is 0.497 e. The quantitative estimate of drug-likeness (QED) is 0.507. The lowest BCUT2D eigenvalue weighted by atomic mass is 10.1. The molecule has 1 aliphatic rings. The molecule has 0 atom stereocenters. The SMILES string of the molecule is COCCN(C1=CC=[C]C(=O)C1)c1ccc(Oc2ccnc3cc(OC)ccc23)c(F)c1. The van der Waals surface area contributed by atoms with E-state index in [1.54, 1.807) is 62.9 Å². The van der Waals surface area contributed by atoms with Crippen LogP contribution in [0.2, 0.25) is 0 Å². The monoisotopic (exact) mass is 433 g/mol. The number of Topliss-reactive ketones (excluding diaryl/α,β-unsaturated/α-hetero) is 1. The number of aromatic nitrogens is 1. The number of methoxy groups -OCH3 is 2. The molecule has 0 aliphatic heterocycles. The molecular formula is C25H22FN2O4. The van der Waals surface area contributed by atoms with Crippen LogP contribution in [0.25, 0.3) is 10.9 Å². The highest BCUT2D eigenvalue weighted by Gasteiger charge is 2.18. The van der Waals surface area contributed by atoms with Gasteiger partial charge in [-0.3, -0.25) is 9.78 Å². The summed E-state index contributed by atoms with van der Waals surface area (Å²) in [4.78, 5) is 18.0. The Morgan fingerprint density at radius 2 is 2.00 bits per heavy atom. The Kier molecular flexibility index (Phi) is 6.47. The van der Waals surface area contributed by atoms with E-state index in [1.807, 2.05) is 11.0 Å². The highest BCUT2D eigenvalue weighted by Crippen LogP contribution is 2.34. The number of halogens is 1. The van der Waals surface area contributed by atoms with E-state index in [2.05, 4.69) is 11.1 Å². The van der Waals surface area contributed by atoms with Gasteiger partial charge < -0.3 is 19.1 Å². The van der Waals surface area contributed by atoms with Gasteiger partial charge in [-0.25, -0.2) is 4.39 Å². The molecule has 6 nitrogen and oxygen atoms in total. The molecule has 0 saturated carbocycles. The lowest BCUT2D eigenvalue weighted by Crippen LogP contribution is -2.28. The number of allylic oxidation sites excluding steroid dienone is 4. The Balaban J connectivity index is 1.63. The van der Waals surface area contributed by atoms with Crippen molar-refractivity contribution in [2.75, 3.05) is 32.3 Å². The minimum atomic E-state index is -0.520. The van der Waals surface area contributed by atoms with Gasteiger partial charge in [-0.2, -0.15) is 0 Å². The molecule has 1 heterocycles. The summed E-state index contributed by atoms with van der Waals surface area (Å²) in [5.41, 5.74) is 2.04. The fourth-order valence-electron chi connectivity index (χ4n) is 3.49. The van der Waals surface area contributed by atoms with E-state index in [1.165, 1.54) is 6.07 Å². The lowest BCUT2D eigenvalue weighted by Gasteiger charge is -2.28. The van der Waals surface area contributed by atoms with Gasteiger partial charge in [-0.15, -0.1) is 0 Å². The molecule has 163 valence electrons. The van der Waals surface area contributed by atoms with Crippen molar-refractivity contribution in [3.63, 3.8) is 0 Å². The number of fused-ring (bicyclic) bond motifs is 1. The van der Waals surface area contributed by atoms with Crippen molar-refractivity contribution in [1.29, 1.82) is 0 Å². The maximum atomic E-state index is 15.1. The maximum absolute atomic E-state index is 15.1. The van der Waals surface area contributed by atoms with Crippen LogP contribution >= 0.6 is 0 Å². The number of hydrogen-bond acceptors (Lipinski definition) is 6. The number of nitrogens with zero attached hydrogens (tertiary/aromatic N) is 2. The Morgan fingerprint density at radius 3 is 2.75 bits per heavy atom. The van der Waals surface area contributed by atoms with E-state index in [4.69, 9.17) is 14.2 Å². The molecule has 0 spiro atoms. The molecule has 2 aromatic carbocycles. The van der Waals surface area contributed by atoms with E-state index in [0.717, 1.165) is 11.1 Å². The van der Waals surface area contributed by atoms with Crippen molar-refractivity contribution in [1.82, 2.24) is 4.98 Å². The molecule has 0 unspecified atom stereocenters. The van der Waals surface area contributed by atoms with Crippen LogP contribution < -0.4 is 14.4 Å². The summed E-state index contributed by atoms with van der Waals surface area (Å²) >= 11 is 0. The predicted molar refractivity (Wildman–Crippen MR) is 120 cm³/mol. The zero-order valence-electron chi connectivity index (χ0n) is 17.8. The lowest BCUT2D eigenvalue weighted by molar-refractivity contribution is -0.114. The molecule has 7 heteroatoms. The summed E-state index contributed by atoms with van der Waals surface area (Å²) in [5, 5.41) is 0.743. The first-order valence-electron chi connectivity index (χ1n) is 10.1. The number of carbonyl (C=O) groups excluding carboxylic acids is 1. The number of ether oxygens (including phenoxy) is 3. The average Bonchev–Trinajstić information content (AvgIpc) is 2.81. The molecule has 3 aromatic rings. The second-order valence-corrected chi connectivity index (χ2v) is 7.12. The van der Waals surface area contributed by atoms with Crippen LogP contribution in [0.3, 0.4) is 0 Å². The third-order valence-electron chi connectivity index (χ3n) is 5.08. The first-order chi connectivity index (χ1) is 15.6. The second kappa shape index (κ2) is 9.62. The highest BCUT2D eigenvalue weighted by atomic mass is 19.1. The van der Waals surface area contributed by atoms with Gasteiger partial charge in [0.2, 0.25) is 0 Å². The topological polar surface area (TPSA) is 60.9 Å². The van der Waals surface area contributed by atoms with E-state index in [-0.39, 0.29) is 18.0 Å². The number of rotatable bonds is 8. The van der Waals surface area contributed by atoms with Gasteiger partial charge in [0.05, 0.1) is 25.7 Å². The van der Waals surface area contributed by atoms with Crippen LogP contribution in [0, 0.1) is 11.9 Å². The minimum Gasteiger partial charge on any atom is -0.497 e. The third kappa shape index (κ3) is 4.63. The normalized spacial score (nSPS) is 13.2. The summed E-state index contributed by atoms with van der Waals surface area (Å²) in [6, 6.07) is 11.8. The van der Waals surface area contributed by atoms with Crippen molar-refractivity contribution in [3.05, 3.63) is 78.4 Å². The molecule has 1 aliphatic carbocycles.